The van der Waals surface area contributed by atoms with Crippen molar-refractivity contribution >= 4 is 11.7 Å². The van der Waals surface area contributed by atoms with Gasteiger partial charge in [-0.15, -0.1) is 0 Å². The number of carbonyl (C=O) groups is 1. The van der Waals surface area contributed by atoms with E-state index < -0.39 is 63.9 Å². The molecule has 0 amide bonds. The normalized spacial score (nSPS) is 13.4. The van der Waals surface area contributed by atoms with Crippen LogP contribution in [0.2, 0.25) is 0 Å². The first-order valence-corrected chi connectivity index (χ1v) is 12.1. The van der Waals surface area contributed by atoms with Gasteiger partial charge in [0.15, 0.2) is 18.4 Å². The van der Waals surface area contributed by atoms with Gasteiger partial charge in [-0.2, -0.15) is 39.5 Å². The van der Waals surface area contributed by atoms with Crippen molar-refractivity contribution in [3.8, 4) is 5.88 Å². The molecule has 0 aliphatic rings. The van der Waals surface area contributed by atoms with Crippen molar-refractivity contribution in [2.45, 2.75) is 65.6 Å². The van der Waals surface area contributed by atoms with Gasteiger partial charge in [-0.3, -0.25) is 9.36 Å². The molecule has 7 nitrogen and oxygen atoms in total. The van der Waals surface area contributed by atoms with E-state index in [2.05, 4.69) is 9.98 Å². The second kappa shape index (κ2) is 13.1. The lowest BCUT2D eigenvalue weighted by atomic mass is 9.98. The lowest BCUT2D eigenvalue weighted by molar-refractivity contribution is -0.165. The lowest BCUT2D eigenvalue weighted by Gasteiger charge is -2.17. The average Bonchev–Trinajstić information content (AvgIpc) is 2.83. The third-order valence-corrected chi connectivity index (χ3v) is 5.26. The van der Waals surface area contributed by atoms with E-state index in [4.69, 9.17) is 14.2 Å². The molecule has 0 spiro atoms. The number of hydrogen-bond acceptors (Lipinski definition) is 6. The van der Waals surface area contributed by atoms with Gasteiger partial charge in [0, 0.05) is 12.6 Å². The van der Waals surface area contributed by atoms with Gasteiger partial charge in [-0.25, -0.2) is 9.98 Å². The summed E-state index contributed by atoms with van der Waals surface area (Å²) in [5.74, 6) is -0.892. The zero-order valence-electron chi connectivity index (χ0n) is 22.4. The van der Waals surface area contributed by atoms with Crippen LogP contribution in [0.15, 0.2) is 29.3 Å². The van der Waals surface area contributed by atoms with Crippen LogP contribution in [0.5, 0.6) is 5.88 Å². The zero-order valence-corrected chi connectivity index (χ0v) is 22.4. The number of ether oxygens (including phenoxy) is 3. The van der Waals surface area contributed by atoms with Crippen LogP contribution in [0.4, 0.5) is 45.2 Å². The molecule has 41 heavy (non-hydrogen) atoms. The molecule has 0 fully saturated rings. The molecule has 0 N–H and O–H groups in total. The van der Waals surface area contributed by atoms with Crippen molar-refractivity contribution in [2.24, 2.45) is 10.4 Å². The predicted octanol–water partition coefficient (Wildman–Crippen LogP) is 6.91. The van der Waals surface area contributed by atoms with Crippen LogP contribution in [0.1, 0.15) is 57.4 Å². The van der Waals surface area contributed by atoms with Gasteiger partial charge in [0.05, 0.1) is 35.4 Å². The molecule has 0 aliphatic carbocycles. The average molecular weight is 605 g/mol. The number of rotatable bonds is 10. The smallest absolute Gasteiger partial charge is 0.433 e. The summed E-state index contributed by atoms with van der Waals surface area (Å²) in [5, 5.41) is 0. The number of alkyl halides is 9. The van der Waals surface area contributed by atoms with E-state index in [-0.39, 0.29) is 39.0 Å². The maximum absolute atomic E-state index is 13.6. The van der Waals surface area contributed by atoms with E-state index >= 15 is 0 Å². The van der Waals surface area contributed by atoms with Gasteiger partial charge in [0.2, 0.25) is 5.62 Å². The minimum atomic E-state index is -5.30. The number of esters is 1. The summed E-state index contributed by atoms with van der Waals surface area (Å²) >= 11 is 0. The first-order chi connectivity index (χ1) is 18.7. The van der Waals surface area contributed by atoms with Crippen LogP contribution in [0.25, 0.3) is 0 Å². The van der Waals surface area contributed by atoms with E-state index in [1.165, 1.54) is 6.92 Å². The molecule has 2 aromatic rings. The Bertz CT molecular complexity index is 1260. The third-order valence-electron chi connectivity index (χ3n) is 5.26. The lowest BCUT2D eigenvalue weighted by Crippen LogP contribution is -2.29. The highest BCUT2D eigenvalue weighted by Gasteiger charge is 2.39. The summed E-state index contributed by atoms with van der Waals surface area (Å²) in [7, 11) is 0. The molecule has 2 rings (SSSR count). The summed E-state index contributed by atoms with van der Waals surface area (Å²) in [5.41, 5.74) is -7.56. The number of hydrogen-bond donors (Lipinski definition) is 0. The fourth-order valence-corrected chi connectivity index (χ4v) is 3.14. The minimum Gasteiger partial charge on any atom is -0.479 e. The first-order valence-electron chi connectivity index (χ1n) is 12.1. The van der Waals surface area contributed by atoms with Crippen molar-refractivity contribution in [1.29, 1.82) is 0 Å². The number of unbranched alkanes of at least 4 members (excludes halogenated alkanes) is 1. The molecule has 230 valence electrons. The van der Waals surface area contributed by atoms with Crippen LogP contribution in [0.3, 0.4) is 0 Å². The molecule has 0 bridgehead atoms. The number of benzene rings is 1. The van der Waals surface area contributed by atoms with Crippen LogP contribution in [-0.2, 0) is 39.3 Å². The van der Waals surface area contributed by atoms with Crippen molar-refractivity contribution in [3.05, 3.63) is 46.7 Å². The second-order valence-corrected chi connectivity index (χ2v) is 9.62. The second-order valence-electron chi connectivity index (χ2n) is 9.62. The number of halogens is 9. The molecule has 0 unspecified atom stereocenters. The highest BCUT2D eigenvalue weighted by molar-refractivity contribution is 5.75. The Balaban J connectivity index is 2.31. The van der Waals surface area contributed by atoms with E-state index in [0.29, 0.717) is 24.6 Å². The molecule has 1 heterocycles. The molecule has 0 saturated heterocycles. The molecule has 0 atom stereocenters. The third kappa shape index (κ3) is 9.93. The van der Waals surface area contributed by atoms with Crippen molar-refractivity contribution in [2.75, 3.05) is 20.0 Å². The summed E-state index contributed by atoms with van der Waals surface area (Å²) in [6.45, 7) is 5.98. The van der Waals surface area contributed by atoms with Crippen LogP contribution < -0.4 is 10.4 Å². The zero-order chi connectivity index (χ0) is 31.2. The summed E-state index contributed by atoms with van der Waals surface area (Å²) < 4.78 is 137. The largest absolute Gasteiger partial charge is 0.479 e. The number of nitrogens with zero attached hydrogens (tertiary/aromatic N) is 3. The SMILES string of the molecule is CCn1c(OCCCCOCOC(=O)C(C)(C)C)cc(C(F)(F)F)nc1=Nc1ccc(C(F)(F)F)cc1C(F)(F)F. The molecular weight excluding hydrogens is 577 g/mol. The van der Waals surface area contributed by atoms with Crippen molar-refractivity contribution in [3.63, 3.8) is 0 Å². The van der Waals surface area contributed by atoms with Gasteiger partial charge in [0.25, 0.3) is 0 Å². The molecule has 0 aliphatic heterocycles. The Morgan fingerprint density at radius 2 is 1.54 bits per heavy atom. The van der Waals surface area contributed by atoms with E-state index in [1.54, 1.807) is 20.8 Å². The van der Waals surface area contributed by atoms with E-state index in [9.17, 15) is 44.3 Å². The van der Waals surface area contributed by atoms with Crippen LogP contribution >= 0.6 is 0 Å². The van der Waals surface area contributed by atoms with E-state index in [1.807, 2.05) is 0 Å². The summed E-state index contributed by atoms with van der Waals surface area (Å²) in [6, 6.07) is 1.11. The van der Waals surface area contributed by atoms with Crippen LogP contribution in [0, 0.1) is 5.41 Å². The topological polar surface area (TPSA) is 74.9 Å². The Hall–Kier alpha value is -3.30. The molecule has 1 aromatic heterocycles. The van der Waals surface area contributed by atoms with Gasteiger partial charge in [0.1, 0.15) is 0 Å². The van der Waals surface area contributed by atoms with Gasteiger partial charge >= 0.3 is 24.5 Å². The first kappa shape index (κ1) is 33.9. The quantitative estimate of drug-likeness (QED) is 0.127. The monoisotopic (exact) mass is 605 g/mol. The Kier molecular flexibility index (Phi) is 10.9. The Labute approximate surface area is 228 Å². The van der Waals surface area contributed by atoms with Crippen LogP contribution in [-0.4, -0.2) is 35.5 Å². The molecular formula is C25H28F9N3O4. The fraction of sp³-hybridized carbons (Fsp3) is 0.560. The number of aromatic nitrogens is 2. The van der Waals surface area contributed by atoms with Crippen molar-refractivity contribution in [1.82, 2.24) is 9.55 Å². The maximum atomic E-state index is 13.6. The van der Waals surface area contributed by atoms with Gasteiger partial charge in [-0.1, -0.05) is 0 Å². The summed E-state index contributed by atoms with van der Waals surface area (Å²) in [4.78, 5) is 18.5. The summed E-state index contributed by atoms with van der Waals surface area (Å²) in [6.07, 6.45) is -14.8. The Morgan fingerprint density at radius 3 is 2.07 bits per heavy atom. The molecule has 1 aromatic carbocycles. The fourth-order valence-electron chi connectivity index (χ4n) is 3.14. The van der Waals surface area contributed by atoms with Gasteiger partial charge in [-0.05, 0) is 58.7 Å². The highest BCUT2D eigenvalue weighted by Crippen LogP contribution is 2.40. The molecule has 16 heteroatoms. The Morgan fingerprint density at radius 1 is 0.902 bits per heavy atom. The predicted molar refractivity (Wildman–Crippen MR) is 126 cm³/mol. The van der Waals surface area contributed by atoms with Gasteiger partial charge < -0.3 is 14.2 Å². The molecule has 0 radical (unpaired) electrons. The van der Waals surface area contributed by atoms with E-state index in [0.717, 1.165) is 4.57 Å². The molecule has 0 saturated carbocycles. The van der Waals surface area contributed by atoms with Crippen molar-refractivity contribution < 1.29 is 58.5 Å². The number of carbonyl (C=O) groups excluding carboxylic acids is 1. The standard InChI is InChI=1S/C25H28F9N3O4/c1-5-37-19(40-11-7-6-10-39-14-41-20(38)22(2,3)4)13-18(25(32,33)34)36-21(37)35-17-9-8-15(23(26,27)28)12-16(17)24(29,30)31/h8-9,12-13H,5-7,10-11,14H2,1-4H3. The highest BCUT2D eigenvalue weighted by atomic mass is 19.4. The maximum Gasteiger partial charge on any atom is 0.433 e. The minimum absolute atomic E-state index is 0.132.